The van der Waals surface area contributed by atoms with E-state index in [1.165, 1.54) is 0 Å². The third-order valence-corrected chi connectivity index (χ3v) is 2.28. The lowest BCUT2D eigenvalue weighted by Gasteiger charge is -2.21. The topological polar surface area (TPSA) is 49.8 Å². The first kappa shape index (κ1) is 14.4. The molecule has 1 N–H and O–H groups in total. The first-order valence-corrected chi connectivity index (χ1v) is 5.63. The maximum absolute atomic E-state index is 11.7. The number of ether oxygens (including phenoxy) is 1. The van der Waals surface area contributed by atoms with Crippen molar-refractivity contribution in [2.24, 2.45) is 0 Å². The Balaban J connectivity index is 3.81. The largest absolute Gasteiger partial charge is 0.395 e. The Labute approximate surface area is 92.2 Å². The van der Waals surface area contributed by atoms with E-state index < -0.39 is 0 Å². The Hall–Kier alpha value is -0.610. The van der Waals surface area contributed by atoms with Crippen molar-refractivity contribution in [2.75, 3.05) is 33.4 Å². The van der Waals surface area contributed by atoms with Crippen molar-refractivity contribution in [1.82, 2.24) is 4.90 Å². The number of carbonyl (C=O) groups is 1. The van der Waals surface area contributed by atoms with Gasteiger partial charge in [0.1, 0.15) is 0 Å². The lowest BCUT2D eigenvalue weighted by Crippen LogP contribution is -2.36. The number of aliphatic hydroxyl groups is 1. The number of hydrogen-bond donors (Lipinski definition) is 1. The lowest BCUT2D eigenvalue weighted by molar-refractivity contribution is -0.132. The third-order valence-electron chi connectivity index (χ3n) is 2.28. The van der Waals surface area contributed by atoms with Crippen LogP contribution >= 0.6 is 0 Å². The Kier molecular flexibility index (Phi) is 9.52. The summed E-state index contributed by atoms with van der Waals surface area (Å²) in [5.41, 5.74) is 0. The van der Waals surface area contributed by atoms with Gasteiger partial charge in [-0.3, -0.25) is 4.79 Å². The fourth-order valence-corrected chi connectivity index (χ4v) is 1.37. The SMILES string of the molecule is CCCCCC(=O)N(CCO)CCOC. The molecule has 4 nitrogen and oxygen atoms in total. The molecule has 4 heteroatoms. The molecule has 0 saturated heterocycles. The highest BCUT2D eigenvalue weighted by Gasteiger charge is 2.11. The van der Waals surface area contributed by atoms with Gasteiger partial charge in [0.15, 0.2) is 0 Å². The summed E-state index contributed by atoms with van der Waals surface area (Å²) in [5, 5.41) is 8.82. The molecule has 0 bridgehead atoms. The molecule has 0 atom stereocenters. The molecule has 0 aliphatic carbocycles. The van der Waals surface area contributed by atoms with Crippen molar-refractivity contribution in [2.45, 2.75) is 32.6 Å². The average molecular weight is 217 g/mol. The third kappa shape index (κ3) is 7.33. The van der Waals surface area contributed by atoms with Crippen molar-refractivity contribution >= 4 is 5.91 Å². The van der Waals surface area contributed by atoms with Gasteiger partial charge in [0, 0.05) is 26.6 Å². The van der Waals surface area contributed by atoms with Crippen molar-refractivity contribution in [1.29, 1.82) is 0 Å². The second-order valence-electron chi connectivity index (χ2n) is 3.55. The highest BCUT2D eigenvalue weighted by Crippen LogP contribution is 2.03. The minimum atomic E-state index is 0.0171. The van der Waals surface area contributed by atoms with Gasteiger partial charge in [0.2, 0.25) is 5.91 Å². The molecule has 0 spiro atoms. The smallest absolute Gasteiger partial charge is 0.222 e. The molecular weight excluding hydrogens is 194 g/mol. The van der Waals surface area contributed by atoms with E-state index in [2.05, 4.69) is 6.92 Å². The first-order valence-electron chi connectivity index (χ1n) is 5.63. The molecule has 0 unspecified atom stereocenters. The van der Waals surface area contributed by atoms with Crippen LogP contribution < -0.4 is 0 Å². The van der Waals surface area contributed by atoms with Crippen molar-refractivity contribution in [3.63, 3.8) is 0 Å². The van der Waals surface area contributed by atoms with Gasteiger partial charge in [-0.25, -0.2) is 0 Å². The Morgan fingerprint density at radius 1 is 1.33 bits per heavy atom. The summed E-state index contributed by atoms with van der Waals surface area (Å²) in [7, 11) is 1.61. The number of carbonyl (C=O) groups excluding carboxylic acids is 1. The number of unbranched alkanes of at least 4 members (excludes halogenated alkanes) is 2. The van der Waals surface area contributed by atoms with Crippen molar-refractivity contribution < 1.29 is 14.6 Å². The minimum absolute atomic E-state index is 0.0171. The van der Waals surface area contributed by atoms with Crippen LogP contribution in [0.15, 0.2) is 0 Å². The van der Waals surface area contributed by atoms with Crippen molar-refractivity contribution in [3.8, 4) is 0 Å². The van der Waals surface area contributed by atoms with E-state index in [-0.39, 0.29) is 12.5 Å². The van der Waals surface area contributed by atoms with Gasteiger partial charge in [0.25, 0.3) is 0 Å². The van der Waals surface area contributed by atoms with E-state index in [9.17, 15) is 4.79 Å². The zero-order valence-corrected chi connectivity index (χ0v) is 9.87. The van der Waals surface area contributed by atoms with E-state index in [0.29, 0.717) is 26.1 Å². The predicted molar refractivity (Wildman–Crippen MR) is 59.7 cm³/mol. The number of nitrogens with zero attached hydrogens (tertiary/aromatic N) is 1. The molecule has 15 heavy (non-hydrogen) atoms. The summed E-state index contributed by atoms with van der Waals surface area (Å²) in [5.74, 6) is 0.120. The minimum Gasteiger partial charge on any atom is -0.395 e. The predicted octanol–water partition coefficient (Wildman–Crippen LogP) is 1.03. The second-order valence-corrected chi connectivity index (χ2v) is 3.55. The number of rotatable bonds is 9. The van der Waals surface area contributed by atoms with E-state index in [0.717, 1.165) is 19.3 Å². The summed E-state index contributed by atoms with van der Waals surface area (Å²) >= 11 is 0. The van der Waals surface area contributed by atoms with Crippen LogP contribution in [0.4, 0.5) is 0 Å². The summed E-state index contributed by atoms with van der Waals surface area (Å²) in [6.07, 6.45) is 3.72. The van der Waals surface area contributed by atoms with Crippen LogP contribution in [0.1, 0.15) is 32.6 Å². The quantitative estimate of drug-likeness (QED) is 0.587. The molecule has 0 fully saturated rings. The molecule has 0 aromatic rings. The molecular formula is C11H23NO3. The molecule has 1 amide bonds. The Morgan fingerprint density at radius 3 is 2.60 bits per heavy atom. The number of amides is 1. The molecule has 0 rings (SSSR count). The van der Waals surface area contributed by atoms with E-state index in [1.807, 2.05) is 0 Å². The standard InChI is InChI=1S/C11H23NO3/c1-3-4-5-6-11(14)12(7-9-13)8-10-15-2/h13H,3-10H2,1-2H3. The fraction of sp³-hybridized carbons (Fsp3) is 0.909. The monoisotopic (exact) mass is 217 g/mol. The molecule has 0 heterocycles. The Morgan fingerprint density at radius 2 is 2.07 bits per heavy atom. The molecule has 0 aromatic heterocycles. The fourth-order valence-electron chi connectivity index (χ4n) is 1.37. The van der Waals surface area contributed by atoms with E-state index >= 15 is 0 Å². The van der Waals surface area contributed by atoms with Crippen LogP contribution in [-0.2, 0) is 9.53 Å². The van der Waals surface area contributed by atoms with Crippen LogP contribution in [0, 0.1) is 0 Å². The van der Waals surface area contributed by atoms with Crippen molar-refractivity contribution in [3.05, 3.63) is 0 Å². The maximum Gasteiger partial charge on any atom is 0.222 e. The second kappa shape index (κ2) is 9.93. The molecule has 0 aromatic carbocycles. The van der Waals surface area contributed by atoms with Gasteiger partial charge in [0.05, 0.1) is 13.2 Å². The molecule has 0 saturated carbocycles. The summed E-state index contributed by atoms with van der Waals surface area (Å²) in [6, 6.07) is 0. The highest BCUT2D eigenvalue weighted by molar-refractivity contribution is 5.76. The first-order chi connectivity index (χ1) is 7.26. The number of methoxy groups -OCH3 is 1. The molecule has 0 aliphatic heterocycles. The Bertz CT molecular complexity index is 162. The van der Waals surface area contributed by atoms with Crippen LogP contribution in [0.3, 0.4) is 0 Å². The number of aliphatic hydroxyl groups excluding tert-OH is 1. The van der Waals surface area contributed by atoms with Crippen LogP contribution in [0.25, 0.3) is 0 Å². The maximum atomic E-state index is 11.7. The van der Waals surface area contributed by atoms with Crippen LogP contribution in [0.5, 0.6) is 0 Å². The highest BCUT2D eigenvalue weighted by atomic mass is 16.5. The molecule has 0 radical (unpaired) electrons. The number of hydrogen-bond acceptors (Lipinski definition) is 3. The van der Waals surface area contributed by atoms with Gasteiger partial charge in [-0.1, -0.05) is 19.8 Å². The van der Waals surface area contributed by atoms with Gasteiger partial charge in [-0.15, -0.1) is 0 Å². The lowest BCUT2D eigenvalue weighted by atomic mass is 10.2. The summed E-state index contributed by atoms with van der Waals surface area (Å²) in [4.78, 5) is 13.3. The molecule has 0 aliphatic rings. The normalized spacial score (nSPS) is 10.3. The van der Waals surface area contributed by atoms with Crippen LogP contribution in [-0.4, -0.2) is 49.3 Å². The van der Waals surface area contributed by atoms with Gasteiger partial charge < -0.3 is 14.7 Å². The van der Waals surface area contributed by atoms with E-state index in [4.69, 9.17) is 9.84 Å². The van der Waals surface area contributed by atoms with Gasteiger partial charge >= 0.3 is 0 Å². The van der Waals surface area contributed by atoms with E-state index in [1.54, 1.807) is 12.0 Å². The van der Waals surface area contributed by atoms with Gasteiger partial charge in [-0.2, -0.15) is 0 Å². The summed E-state index contributed by atoms with van der Waals surface area (Å²) < 4.78 is 4.92. The van der Waals surface area contributed by atoms with Crippen LogP contribution in [0.2, 0.25) is 0 Å². The zero-order valence-electron chi connectivity index (χ0n) is 9.87. The molecule has 90 valence electrons. The average Bonchev–Trinajstić information content (AvgIpc) is 2.24. The zero-order chi connectivity index (χ0) is 11.5. The summed E-state index contributed by atoms with van der Waals surface area (Å²) in [6.45, 7) is 3.64. The van der Waals surface area contributed by atoms with Gasteiger partial charge in [-0.05, 0) is 6.42 Å².